The van der Waals surface area contributed by atoms with E-state index in [1.165, 1.54) is 5.56 Å². The highest BCUT2D eigenvalue weighted by Gasteiger charge is 2.29. The van der Waals surface area contributed by atoms with Crippen LogP contribution in [0, 0.1) is 12.3 Å². The molecule has 0 aromatic heterocycles. The number of aryl methyl sites for hydroxylation is 1. The fourth-order valence-corrected chi connectivity index (χ4v) is 2.37. The second kappa shape index (κ2) is 4.86. The van der Waals surface area contributed by atoms with Gasteiger partial charge in [-0.1, -0.05) is 48.8 Å². The van der Waals surface area contributed by atoms with Gasteiger partial charge in [0.25, 0.3) is 0 Å². The third-order valence-corrected chi connectivity index (χ3v) is 3.43. The summed E-state index contributed by atoms with van der Waals surface area (Å²) in [5.74, 6) is 0. The molecule has 1 aromatic carbocycles. The predicted octanol–water partition coefficient (Wildman–Crippen LogP) is 3.16. The number of rotatable bonds is 2. The average Bonchev–Trinajstić information content (AvgIpc) is 2.14. The van der Waals surface area contributed by atoms with Gasteiger partial charge in [0.15, 0.2) is 0 Å². The van der Waals surface area contributed by atoms with Crippen molar-refractivity contribution in [1.82, 2.24) is 0 Å². The van der Waals surface area contributed by atoms with Crippen LogP contribution in [-0.2, 0) is 0 Å². The quantitative estimate of drug-likeness (QED) is 0.877. The number of aliphatic hydroxyl groups excluding tert-OH is 1. The molecule has 0 aliphatic rings. The Balaban J connectivity index is 3.01. The summed E-state index contributed by atoms with van der Waals surface area (Å²) in [6.07, 6.45) is -0.563. The van der Waals surface area contributed by atoms with Crippen molar-refractivity contribution in [1.29, 1.82) is 0 Å². The molecule has 0 heterocycles. The van der Waals surface area contributed by atoms with E-state index in [-0.39, 0.29) is 11.5 Å². The number of aliphatic hydroxyl groups is 1. The number of halogens is 1. The molecule has 0 unspecified atom stereocenters. The summed E-state index contributed by atoms with van der Waals surface area (Å²) < 4.78 is 0.961. The van der Waals surface area contributed by atoms with Crippen LogP contribution in [0.1, 0.15) is 37.9 Å². The van der Waals surface area contributed by atoms with Gasteiger partial charge >= 0.3 is 0 Å². The number of hydrogen-bond donors (Lipinski definition) is 2. The Bertz CT molecular complexity index is 371. The summed E-state index contributed by atoms with van der Waals surface area (Å²) in [4.78, 5) is 0. The van der Waals surface area contributed by atoms with Crippen LogP contribution in [-0.4, -0.2) is 11.2 Å². The van der Waals surface area contributed by atoms with Crippen molar-refractivity contribution in [2.75, 3.05) is 0 Å². The van der Waals surface area contributed by atoms with Gasteiger partial charge in [-0.15, -0.1) is 0 Å². The van der Waals surface area contributed by atoms with Crippen molar-refractivity contribution in [2.24, 2.45) is 11.1 Å². The standard InChI is InChI=1S/C13H20BrNO/c1-8-5-6-9(10(14)7-8)11(15)12(16)13(2,3)4/h5-7,11-12,16H,15H2,1-4H3/t11-,12-/m1/s1. The molecule has 3 heteroatoms. The molecule has 3 N–H and O–H groups in total. The normalized spacial score (nSPS) is 15.9. The molecular weight excluding hydrogens is 266 g/mol. The highest BCUT2D eigenvalue weighted by atomic mass is 79.9. The highest BCUT2D eigenvalue weighted by molar-refractivity contribution is 9.10. The maximum Gasteiger partial charge on any atom is 0.0781 e. The second-order valence-corrected chi connectivity index (χ2v) is 6.22. The number of nitrogens with two attached hydrogens (primary N) is 1. The maximum atomic E-state index is 10.2. The van der Waals surface area contributed by atoms with E-state index in [9.17, 15) is 5.11 Å². The Hall–Kier alpha value is -0.380. The van der Waals surface area contributed by atoms with E-state index in [2.05, 4.69) is 15.9 Å². The van der Waals surface area contributed by atoms with E-state index in [0.29, 0.717) is 0 Å². The molecule has 1 rings (SSSR count). The van der Waals surface area contributed by atoms with Crippen LogP contribution in [0.4, 0.5) is 0 Å². The van der Waals surface area contributed by atoms with Crippen LogP contribution >= 0.6 is 15.9 Å². The molecule has 0 bridgehead atoms. The van der Waals surface area contributed by atoms with Gasteiger partial charge < -0.3 is 10.8 Å². The molecule has 0 saturated carbocycles. The maximum absolute atomic E-state index is 10.2. The smallest absolute Gasteiger partial charge is 0.0781 e. The van der Waals surface area contributed by atoms with E-state index in [1.54, 1.807) is 0 Å². The Morgan fingerprint density at radius 1 is 1.31 bits per heavy atom. The fraction of sp³-hybridized carbons (Fsp3) is 0.538. The van der Waals surface area contributed by atoms with Crippen LogP contribution in [0.15, 0.2) is 22.7 Å². The zero-order valence-electron chi connectivity index (χ0n) is 10.3. The lowest BCUT2D eigenvalue weighted by atomic mass is 9.82. The van der Waals surface area contributed by atoms with Crippen molar-refractivity contribution >= 4 is 15.9 Å². The first-order chi connectivity index (χ1) is 7.23. The van der Waals surface area contributed by atoms with Crippen LogP contribution in [0.2, 0.25) is 0 Å². The number of hydrogen-bond acceptors (Lipinski definition) is 2. The van der Waals surface area contributed by atoms with Crippen LogP contribution in [0.3, 0.4) is 0 Å². The van der Waals surface area contributed by atoms with Gasteiger partial charge in [0.2, 0.25) is 0 Å². The summed E-state index contributed by atoms with van der Waals surface area (Å²) in [6.45, 7) is 7.99. The topological polar surface area (TPSA) is 46.2 Å². The van der Waals surface area contributed by atoms with Gasteiger partial charge in [-0.25, -0.2) is 0 Å². The molecule has 0 spiro atoms. The van der Waals surface area contributed by atoms with E-state index in [0.717, 1.165) is 10.0 Å². The molecule has 0 aliphatic carbocycles. The Morgan fingerprint density at radius 2 is 1.88 bits per heavy atom. The molecule has 2 atom stereocenters. The zero-order chi connectivity index (χ0) is 12.5. The molecular formula is C13H20BrNO. The van der Waals surface area contributed by atoms with Gasteiger partial charge in [0.1, 0.15) is 0 Å². The van der Waals surface area contributed by atoms with Gasteiger partial charge in [-0.3, -0.25) is 0 Å². The lowest BCUT2D eigenvalue weighted by Crippen LogP contribution is -2.37. The first-order valence-corrected chi connectivity index (χ1v) is 6.22. The highest BCUT2D eigenvalue weighted by Crippen LogP contribution is 2.32. The van der Waals surface area contributed by atoms with Gasteiger partial charge in [-0.2, -0.15) is 0 Å². The predicted molar refractivity (Wildman–Crippen MR) is 71.3 cm³/mol. The molecule has 0 radical (unpaired) electrons. The van der Waals surface area contributed by atoms with Crippen molar-refractivity contribution in [3.05, 3.63) is 33.8 Å². The molecule has 0 amide bonds. The summed E-state index contributed by atoms with van der Waals surface area (Å²) in [5, 5.41) is 10.2. The summed E-state index contributed by atoms with van der Waals surface area (Å²) >= 11 is 3.49. The molecule has 0 saturated heterocycles. The Labute approximate surface area is 106 Å². The van der Waals surface area contributed by atoms with Crippen LogP contribution in [0.5, 0.6) is 0 Å². The first-order valence-electron chi connectivity index (χ1n) is 5.43. The molecule has 90 valence electrons. The minimum atomic E-state index is -0.563. The SMILES string of the molecule is Cc1ccc([C@@H](N)[C@@H](O)C(C)(C)C)c(Br)c1. The minimum absolute atomic E-state index is 0.219. The van der Waals surface area contributed by atoms with Crippen LogP contribution < -0.4 is 5.73 Å². The zero-order valence-corrected chi connectivity index (χ0v) is 11.9. The Kier molecular flexibility index (Phi) is 4.16. The van der Waals surface area contributed by atoms with Gasteiger partial charge in [0.05, 0.1) is 12.1 Å². The lowest BCUT2D eigenvalue weighted by molar-refractivity contribution is 0.0399. The van der Waals surface area contributed by atoms with Gasteiger partial charge in [0, 0.05) is 4.47 Å². The molecule has 16 heavy (non-hydrogen) atoms. The summed E-state index contributed by atoms with van der Waals surface area (Å²) in [7, 11) is 0. The van der Waals surface area contributed by atoms with Crippen molar-refractivity contribution in [2.45, 2.75) is 39.8 Å². The molecule has 0 aliphatic heterocycles. The lowest BCUT2D eigenvalue weighted by Gasteiger charge is -2.31. The van der Waals surface area contributed by atoms with Crippen molar-refractivity contribution in [3.63, 3.8) is 0 Å². The monoisotopic (exact) mass is 285 g/mol. The average molecular weight is 286 g/mol. The van der Waals surface area contributed by atoms with E-state index < -0.39 is 6.10 Å². The van der Waals surface area contributed by atoms with Gasteiger partial charge in [-0.05, 0) is 29.5 Å². The molecule has 0 fully saturated rings. The summed E-state index contributed by atoms with van der Waals surface area (Å²) in [6, 6.07) is 5.63. The summed E-state index contributed by atoms with van der Waals surface area (Å²) in [5.41, 5.74) is 8.00. The van der Waals surface area contributed by atoms with E-state index in [4.69, 9.17) is 5.73 Å². The first kappa shape index (κ1) is 13.7. The Morgan fingerprint density at radius 3 is 2.31 bits per heavy atom. The van der Waals surface area contributed by atoms with Crippen molar-refractivity contribution < 1.29 is 5.11 Å². The minimum Gasteiger partial charge on any atom is -0.391 e. The largest absolute Gasteiger partial charge is 0.391 e. The number of benzene rings is 1. The van der Waals surface area contributed by atoms with E-state index in [1.807, 2.05) is 45.9 Å². The third-order valence-electron chi connectivity index (χ3n) is 2.74. The third kappa shape index (κ3) is 3.06. The molecule has 1 aromatic rings. The molecule has 2 nitrogen and oxygen atoms in total. The van der Waals surface area contributed by atoms with Crippen molar-refractivity contribution in [3.8, 4) is 0 Å². The fourth-order valence-electron chi connectivity index (χ4n) is 1.61. The van der Waals surface area contributed by atoms with Crippen LogP contribution in [0.25, 0.3) is 0 Å². The second-order valence-electron chi connectivity index (χ2n) is 5.36. The van der Waals surface area contributed by atoms with E-state index >= 15 is 0 Å².